The number of carbonyl (C=O) groups is 1. The molecule has 5 heteroatoms. The summed E-state index contributed by atoms with van der Waals surface area (Å²) in [5, 5.41) is 13.7. The molecule has 0 aromatic heterocycles. The van der Waals surface area contributed by atoms with Crippen molar-refractivity contribution in [3.8, 4) is 0 Å². The maximum absolute atomic E-state index is 13.2. The van der Waals surface area contributed by atoms with Crippen LogP contribution in [0.3, 0.4) is 0 Å². The van der Waals surface area contributed by atoms with E-state index in [2.05, 4.69) is 5.32 Å². The van der Waals surface area contributed by atoms with E-state index >= 15 is 0 Å². The van der Waals surface area contributed by atoms with Gasteiger partial charge in [-0.1, -0.05) is 30.3 Å². The van der Waals surface area contributed by atoms with Crippen LogP contribution < -0.4 is 5.32 Å². The van der Waals surface area contributed by atoms with Gasteiger partial charge < -0.3 is 15.2 Å². The van der Waals surface area contributed by atoms with Crippen LogP contribution in [0.1, 0.15) is 35.2 Å². The summed E-state index contributed by atoms with van der Waals surface area (Å²) < 4.78 is 18.2. The molecule has 0 aliphatic carbocycles. The molecule has 0 radical (unpaired) electrons. The summed E-state index contributed by atoms with van der Waals surface area (Å²) in [5.41, 5.74) is -0.658. The predicted molar refractivity (Wildman–Crippen MR) is 89.9 cm³/mol. The number of ether oxygens (including phenoxy) is 1. The zero-order valence-corrected chi connectivity index (χ0v) is 13.7. The molecule has 0 aliphatic rings. The van der Waals surface area contributed by atoms with Crippen molar-refractivity contribution in [2.45, 2.75) is 25.0 Å². The van der Waals surface area contributed by atoms with Gasteiger partial charge in [0.2, 0.25) is 0 Å². The predicted octanol–water partition coefficient (Wildman–Crippen LogP) is 3.22. The molecule has 2 N–H and O–H groups in total. The average molecular weight is 331 g/mol. The van der Waals surface area contributed by atoms with Crippen LogP contribution in [0.5, 0.6) is 0 Å². The molecule has 0 aliphatic heterocycles. The average Bonchev–Trinajstić information content (AvgIpc) is 2.60. The molecule has 128 valence electrons. The molecule has 2 rings (SSSR count). The third-order valence-electron chi connectivity index (χ3n) is 3.82. The van der Waals surface area contributed by atoms with Gasteiger partial charge in [-0.3, -0.25) is 4.79 Å². The normalized spacial score (nSPS) is 13.3. The Balaban J connectivity index is 2.18. The summed E-state index contributed by atoms with van der Waals surface area (Å²) in [5.74, 6) is -0.774. The summed E-state index contributed by atoms with van der Waals surface area (Å²) in [4.78, 5) is 12.4. The quantitative estimate of drug-likeness (QED) is 0.577. The van der Waals surface area contributed by atoms with E-state index in [0.29, 0.717) is 30.6 Å². The molecule has 2 aromatic carbocycles. The number of hydrogen-bond acceptors (Lipinski definition) is 3. The van der Waals surface area contributed by atoms with Crippen molar-refractivity contribution in [1.82, 2.24) is 5.32 Å². The molecule has 4 nitrogen and oxygen atoms in total. The number of rotatable bonds is 8. The summed E-state index contributed by atoms with van der Waals surface area (Å²) in [6, 6.07) is 14.2. The molecule has 1 amide bonds. The molecule has 24 heavy (non-hydrogen) atoms. The Kier molecular flexibility index (Phi) is 6.46. The Morgan fingerprint density at radius 2 is 1.79 bits per heavy atom. The summed E-state index contributed by atoms with van der Waals surface area (Å²) >= 11 is 0. The van der Waals surface area contributed by atoms with Gasteiger partial charge in [0.25, 0.3) is 5.91 Å². The van der Waals surface area contributed by atoms with Crippen molar-refractivity contribution in [2.24, 2.45) is 0 Å². The monoisotopic (exact) mass is 331 g/mol. The molecule has 2 aromatic rings. The number of methoxy groups -OCH3 is 1. The van der Waals surface area contributed by atoms with Crippen LogP contribution in [-0.4, -0.2) is 24.7 Å². The summed E-state index contributed by atoms with van der Waals surface area (Å²) in [7, 11) is 1.61. The fourth-order valence-electron chi connectivity index (χ4n) is 2.48. The first-order chi connectivity index (χ1) is 11.5. The van der Waals surface area contributed by atoms with Crippen molar-refractivity contribution in [1.29, 1.82) is 0 Å². The molecule has 0 bridgehead atoms. The van der Waals surface area contributed by atoms with Crippen LogP contribution >= 0.6 is 0 Å². The first kappa shape index (κ1) is 18.1. The number of halogens is 1. The molecule has 0 heterocycles. The van der Waals surface area contributed by atoms with E-state index in [9.17, 15) is 14.3 Å². The van der Waals surface area contributed by atoms with E-state index in [0.717, 1.165) is 6.42 Å². The minimum absolute atomic E-state index is 0.306. The third kappa shape index (κ3) is 4.88. The van der Waals surface area contributed by atoms with Gasteiger partial charge in [-0.05, 0) is 43.5 Å². The lowest BCUT2D eigenvalue weighted by atomic mass is 9.96. The van der Waals surface area contributed by atoms with E-state index < -0.39 is 11.5 Å². The Morgan fingerprint density at radius 3 is 2.42 bits per heavy atom. The lowest BCUT2D eigenvalue weighted by Gasteiger charge is -2.30. The van der Waals surface area contributed by atoms with Gasteiger partial charge in [-0.15, -0.1) is 0 Å². The van der Waals surface area contributed by atoms with Crippen LogP contribution in [0, 0.1) is 5.82 Å². The number of aliphatic hydroxyl groups is 1. The summed E-state index contributed by atoms with van der Waals surface area (Å²) in [6.07, 6.45) is 1.71. The minimum Gasteiger partial charge on any atom is -0.385 e. The Bertz CT molecular complexity index is 645. The lowest BCUT2D eigenvalue weighted by molar-refractivity contribution is -0.00722. The number of hydrogen-bond donors (Lipinski definition) is 2. The first-order valence-electron chi connectivity index (χ1n) is 7.90. The highest BCUT2D eigenvalue weighted by Crippen LogP contribution is 2.25. The van der Waals surface area contributed by atoms with Gasteiger partial charge >= 0.3 is 0 Å². The van der Waals surface area contributed by atoms with Crippen LogP contribution in [-0.2, 0) is 10.5 Å². The van der Waals surface area contributed by atoms with E-state index in [1.54, 1.807) is 31.4 Å². The van der Waals surface area contributed by atoms with Crippen molar-refractivity contribution in [2.75, 3.05) is 13.7 Å². The van der Waals surface area contributed by atoms with Gasteiger partial charge in [0.15, 0.2) is 5.72 Å². The molecule has 1 atom stereocenters. The Labute approximate surface area is 141 Å². The van der Waals surface area contributed by atoms with Gasteiger partial charge in [0.05, 0.1) is 0 Å². The zero-order valence-electron chi connectivity index (χ0n) is 13.7. The Hall–Kier alpha value is -2.24. The Morgan fingerprint density at radius 1 is 1.12 bits per heavy atom. The van der Waals surface area contributed by atoms with E-state index in [1.807, 2.05) is 6.07 Å². The van der Waals surface area contributed by atoms with Crippen molar-refractivity contribution in [3.05, 3.63) is 71.5 Å². The molecule has 0 fully saturated rings. The number of unbranched alkanes of at least 4 members (excludes halogenated alkanes) is 1. The highest BCUT2D eigenvalue weighted by molar-refractivity contribution is 5.94. The second-order valence-corrected chi connectivity index (χ2v) is 5.64. The summed E-state index contributed by atoms with van der Waals surface area (Å²) in [6.45, 7) is 0.576. The van der Waals surface area contributed by atoms with E-state index in [4.69, 9.17) is 4.74 Å². The van der Waals surface area contributed by atoms with Crippen molar-refractivity contribution >= 4 is 5.91 Å². The smallest absolute Gasteiger partial charge is 0.253 e. The molecule has 0 saturated heterocycles. The van der Waals surface area contributed by atoms with E-state index in [1.165, 1.54) is 24.3 Å². The van der Waals surface area contributed by atoms with Gasteiger partial charge in [0, 0.05) is 24.8 Å². The van der Waals surface area contributed by atoms with Crippen LogP contribution in [0.15, 0.2) is 54.6 Å². The van der Waals surface area contributed by atoms with Crippen LogP contribution in [0.25, 0.3) is 0 Å². The standard InChI is InChI=1S/C19H22FNO3/c1-24-14-6-5-13-19(23,16-9-11-17(20)12-10-16)21-18(22)15-7-3-2-4-8-15/h2-4,7-12,23H,5-6,13-14H2,1H3,(H,21,22)/t19-/m1/s1. The molecule has 0 saturated carbocycles. The maximum Gasteiger partial charge on any atom is 0.253 e. The first-order valence-corrected chi connectivity index (χ1v) is 7.90. The number of benzene rings is 2. The second-order valence-electron chi connectivity index (χ2n) is 5.64. The fraction of sp³-hybridized carbons (Fsp3) is 0.316. The minimum atomic E-state index is -1.56. The maximum atomic E-state index is 13.2. The molecule has 0 unspecified atom stereocenters. The van der Waals surface area contributed by atoms with E-state index in [-0.39, 0.29) is 5.91 Å². The number of carbonyl (C=O) groups excluding carboxylic acids is 1. The topological polar surface area (TPSA) is 58.6 Å². The third-order valence-corrected chi connectivity index (χ3v) is 3.82. The fourth-order valence-corrected chi connectivity index (χ4v) is 2.48. The zero-order chi connectivity index (χ0) is 17.4. The SMILES string of the molecule is COCCCC[C@](O)(NC(=O)c1ccccc1)c1ccc(F)cc1. The van der Waals surface area contributed by atoms with Crippen LogP contribution in [0.4, 0.5) is 4.39 Å². The molecular weight excluding hydrogens is 309 g/mol. The highest BCUT2D eigenvalue weighted by atomic mass is 19.1. The van der Waals surface area contributed by atoms with Gasteiger partial charge in [-0.25, -0.2) is 4.39 Å². The van der Waals surface area contributed by atoms with Crippen molar-refractivity contribution < 1.29 is 19.0 Å². The van der Waals surface area contributed by atoms with Gasteiger partial charge in [0.1, 0.15) is 5.82 Å². The van der Waals surface area contributed by atoms with Crippen molar-refractivity contribution in [3.63, 3.8) is 0 Å². The highest BCUT2D eigenvalue weighted by Gasteiger charge is 2.31. The molecular formula is C19H22FNO3. The van der Waals surface area contributed by atoms with Crippen LogP contribution in [0.2, 0.25) is 0 Å². The molecule has 0 spiro atoms. The van der Waals surface area contributed by atoms with Gasteiger partial charge in [-0.2, -0.15) is 0 Å². The number of amides is 1. The lowest BCUT2D eigenvalue weighted by Crippen LogP contribution is -2.46. The second kappa shape index (κ2) is 8.57. The largest absolute Gasteiger partial charge is 0.385 e. The number of nitrogens with one attached hydrogen (secondary N) is 1.